The van der Waals surface area contributed by atoms with Crippen LogP contribution >= 0.6 is 0 Å². The molecule has 19 heavy (non-hydrogen) atoms. The SMILES string of the molecule is Cc1ccc(O)c(C(=O)Nc2ccccc2CO)c1. The third-order valence-corrected chi connectivity index (χ3v) is 2.83. The summed E-state index contributed by atoms with van der Waals surface area (Å²) in [6, 6.07) is 11.8. The van der Waals surface area contributed by atoms with Crippen molar-refractivity contribution in [1.29, 1.82) is 0 Å². The van der Waals surface area contributed by atoms with Crippen LogP contribution in [0.3, 0.4) is 0 Å². The van der Waals surface area contributed by atoms with Crippen molar-refractivity contribution < 1.29 is 15.0 Å². The number of para-hydroxylation sites is 1. The van der Waals surface area contributed by atoms with Crippen molar-refractivity contribution in [3.8, 4) is 5.75 Å². The summed E-state index contributed by atoms with van der Waals surface area (Å²) in [5, 5.41) is 21.6. The van der Waals surface area contributed by atoms with Crippen molar-refractivity contribution >= 4 is 11.6 Å². The molecule has 0 fully saturated rings. The zero-order chi connectivity index (χ0) is 13.8. The van der Waals surface area contributed by atoms with Crippen LogP contribution in [0.25, 0.3) is 0 Å². The van der Waals surface area contributed by atoms with Gasteiger partial charge in [0, 0.05) is 11.3 Å². The summed E-state index contributed by atoms with van der Waals surface area (Å²) >= 11 is 0. The average molecular weight is 257 g/mol. The smallest absolute Gasteiger partial charge is 0.259 e. The Hall–Kier alpha value is -2.33. The second-order valence-corrected chi connectivity index (χ2v) is 4.29. The first-order valence-electron chi connectivity index (χ1n) is 5.91. The molecule has 0 saturated heterocycles. The van der Waals surface area contributed by atoms with Gasteiger partial charge in [-0.1, -0.05) is 29.8 Å². The van der Waals surface area contributed by atoms with Gasteiger partial charge in [0.15, 0.2) is 0 Å². The van der Waals surface area contributed by atoms with Gasteiger partial charge < -0.3 is 15.5 Å². The van der Waals surface area contributed by atoms with Crippen molar-refractivity contribution in [3.63, 3.8) is 0 Å². The number of aryl methyl sites for hydroxylation is 1. The Bertz CT molecular complexity index is 608. The first-order chi connectivity index (χ1) is 9.11. The number of anilines is 1. The average Bonchev–Trinajstić information content (AvgIpc) is 2.42. The summed E-state index contributed by atoms with van der Waals surface area (Å²) in [6.45, 7) is 1.69. The highest BCUT2D eigenvalue weighted by Crippen LogP contribution is 2.21. The normalized spacial score (nSPS) is 10.2. The van der Waals surface area contributed by atoms with E-state index in [9.17, 15) is 15.0 Å². The number of nitrogens with one attached hydrogen (secondary N) is 1. The van der Waals surface area contributed by atoms with Crippen LogP contribution in [0, 0.1) is 6.92 Å². The van der Waals surface area contributed by atoms with Gasteiger partial charge in [0.2, 0.25) is 0 Å². The van der Waals surface area contributed by atoms with E-state index in [4.69, 9.17) is 0 Å². The fourth-order valence-electron chi connectivity index (χ4n) is 1.80. The van der Waals surface area contributed by atoms with E-state index in [1.165, 1.54) is 6.07 Å². The third kappa shape index (κ3) is 2.92. The first kappa shape index (κ1) is 13.1. The maximum atomic E-state index is 12.1. The quantitative estimate of drug-likeness (QED) is 0.791. The molecule has 0 atom stereocenters. The van der Waals surface area contributed by atoms with Crippen LogP contribution in [-0.2, 0) is 6.61 Å². The first-order valence-corrected chi connectivity index (χ1v) is 5.91. The number of carbonyl (C=O) groups is 1. The highest BCUT2D eigenvalue weighted by Gasteiger charge is 2.12. The maximum Gasteiger partial charge on any atom is 0.259 e. The summed E-state index contributed by atoms with van der Waals surface area (Å²) in [5.41, 5.74) is 2.27. The van der Waals surface area contributed by atoms with Crippen LogP contribution in [-0.4, -0.2) is 16.1 Å². The number of carbonyl (C=O) groups excluding carboxylic acids is 1. The molecule has 0 aliphatic heterocycles. The number of aromatic hydroxyl groups is 1. The van der Waals surface area contributed by atoms with Crippen molar-refractivity contribution in [3.05, 3.63) is 59.2 Å². The Morgan fingerprint density at radius 3 is 2.68 bits per heavy atom. The van der Waals surface area contributed by atoms with E-state index < -0.39 is 5.91 Å². The van der Waals surface area contributed by atoms with E-state index in [2.05, 4.69) is 5.32 Å². The lowest BCUT2D eigenvalue weighted by atomic mass is 10.1. The number of aliphatic hydroxyl groups is 1. The number of phenolic OH excluding ortho intramolecular Hbond substituents is 1. The number of rotatable bonds is 3. The number of phenols is 1. The van der Waals surface area contributed by atoms with Gasteiger partial charge in [0.05, 0.1) is 12.2 Å². The van der Waals surface area contributed by atoms with Gasteiger partial charge in [0.1, 0.15) is 5.75 Å². The van der Waals surface area contributed by atoms with Gasteiger partial charge in [-0.25, -0.2) is 0 Å². The fraction of sp³-hybridized carbons (Fsp3) is 0.133. The Labute approximate surface area is 111 Å². The minimum absolute atomic E-state index is 0.0652. The Morgan fingerprint density at radius 1 is 1.21 bits per heavy atom. The summed E-state index contributed by atoms with van der Waals surface area (Å²) in [4.78, 5) is 12.1. The van der Waals surface area contributed by atoms with E-state index in [1.807, 2.05) is 6.92 Å². The molecule has 2 aromatic rings. The number of aliphatic hydroxyl groups excluding tert-OH is 1. The molecule has 0 aliphatic carbocycles. The summed E-state index contributed by atoms with van der Waals surface area (Å²) in [5.74, 6) is -0.466. The molecular formula is C15H15NO3. The molecular weight excluding hydrogens is 242 g/mol. The predicted octanol–water partition coefficient (Wildman–Crippen LogP) is 2.45. The number of amides is 1. The summed E-state index contributed by atoms with van der Waals surface area (Å²) in [6.07, 6.45) is 0. The molecule has 3 N–H and O–H groups in total. The number of benzene rings is 2. The minimum atomic E-state index is -0.401. The van der Waals surface area contributed by atoms with Gasteiger partial charge in [-0.2, -0.15) is 0 Å². The molecule has 1 amide bonds. The lowest BCUT2D eigenvalue weighted by molar-refractivity contribution is 0.102. The lowest BCUT2D eigenvalue weighted by Crippen LogP contribution is -2.13. The zero-order valence-electron chi connectivity index (χ0n) is 10.6. The fourth-order valence-corrected chi connectivity index (χ4v) is 1.80. The molecule has 0 aromatic heterocycles. The van der Waals surface area contributed by atoms with Crippen molar-refractivity contribution in [2.75, 3.05) is 5.32 Å². The Balaban J connectivity index is 2.28. The molecule has 98 valence electrons. The molecule has 4 nitrogen and oxygen atoms in total. The third-order valence-electron chi connectivity index (χ3n) is 2.83. The molecule has 0 spiro atoms. The maximum absolute atomic E-state index is 12.1. The van der Waals surface area contributed by atoms with Crippen molar-refractivity contribution in [2.24, 2.45) is 0 Å². The minimum Gasteiger partial charge on any atom is -0.507 e. The van der Waals surface area contributed by atoms with Crippen LogP contribution in [0.2, 0.25) is 0 Å². The van der Waals surface area contributed by atoms with E-state index in [0.717, 1.165) is 5.56 Å². The van der Waals surface area contributed by atoms with Gasteiger partial charge in [-0.05, 0) is 25.1 Å². The number of hydrogen-bond donors (Lipinski definition) is 3. The Kier molecular flexibility index (Phi) is 3.82. The van der Waals surface area contributed by atoms with Crippen LogP contribution in [0.15, 0.2) is 42.5 Å². The molecule has 0 heterocycles. The second kappa shape index (κ2) is 5.54. The highest BCUT2D eigenvalue weighted by molar-refractivity contribution is 6.06. The highest BCUT2D eigenvalue weighted by atomic mass is 16.3. The van der Waals surface area contributed by atoms with Gasteiger partial charge in [-0.3, -0.25) is 4.79 Å². The molecule has 0 bridgehead atoms. The summed E-state index contributed by atoms with van der Waals surface area (Å²) < 4.78 is 0. The van der Waals surface area contributed by atoms with E-state index in [-0.39, 0.29) is 17.9 Å². The monoisotopic (exact) mass is 257 g/mol. The lowest BCUT2D eigenvalue weighted by Gasteiger charge is -2.10. The largest absolute Gasteiger partial charge is 0.507 e. The van der Waals surface area contributed by atoms with Crippen LogP contribution in [0.5, 0.6) is 5.75 Å². The molecule has 2 rings (SSSR count). The van der Waals surface area contributed by atoms with E-state index in [1.54, 1.807) is 36.4 Å². The molecule has 0 unspecified atom stereocenters. The van der Waals surface area contributed by atoms with Crippen LogP contribution in [0.4, 0.5) is 5.69 Å². The van der Waals surface area contributed by atoms with Crippen molar-refractivity contribution in [2.45, 2.75) is 13.5 Å². The van der Waals surface area contributed by atoms with Crippen LogP contribution in [0.1, 0.15) is 21.5 Å². The number of hydrogen-bond acceptors (Lipinski definition) is 3. The van der Waals surface area contributed by atoms with Gasteiger partial charge in [-0.15, -0.1) is 0 Å². The predicted molar refractivity (Wildman–Crippen MR) is 73.2 cm³/mol. The van der Waals surface area contributed by atoms with Gasteiger partial charge in [0.25, 0.3) is 5.91 Å². The van der Waals surface area contributed by atoms with Crippen molar-refractivity contribution in [1.82, 2.24) is 0 Å². The van der Waals surface area contributed by atoms with Crippen LogP contribution < -0.4 is 5.32 Å². The second-order valence-electron chi connectivity index (χ2n) is 4.29. The molecule has 0 saturated carbocycles. The topological polar surface area (TPSA) is 69.6 Å². The molecule has 0 aliphatic rings. The standard InChI is InChI=1S/C15H15NO3/c1-10-6-7-14(18)12(8-10)15(19)16-13-5-3-2-4-11(13)9-17/h2-8,17-18H,9H2,1H3,(H,16,19). The molecule has 2 aromatic carbocycles. The zero-order valence-corrected chi connectivity index (χ0v) is 10.6. The molecule has 4 heteroatoms. The summed E-state index contributed by atoms with van der Waals surface area (Å²) in [7, 11) is 0. The van der Waals surface area contributed by atoms with E-state index >= 15 is 0 Å². The van der Waals surface area contributed by atoms with E-state index in [0.29, 0.717) is 11.3 Å². The Morgan fingerprint density at radius 2 is 1.95 bits per heavy atom. The molecule has 0 radical (unpaired) electrons. The van der Waals surface area contributed by atoms with Gasteiger partial charge >= 0.3 is 0 Å².